The lowest BCUT2D eigenvalue weighted by molar-refractivity contribution is 0.196. The van der Waals surface area contributed by atoms with Crippen LogP contribution in [0.25, 0.3) is 0 Å². The van der Waals surface area contributed by atoms with Crippen LogP contribution in [-0.2, 0) is 6.54 Å². The molecule has 0 aromatic heterocycles. The van der Waals surface area contributed by atoms with E-state index in [1.165, 1.54) is 31.2 Å². The summed E-state index contributed by atoms with van der Waals surface area (Å²) in [6.07, 6.45) is 6.05. The van der Waals surface area contributed by atoms with Crippen molar-refractivity contribution in [2.75, 3.05) is 6.54 Å². The molecular weight excluding hydrogens is 208 g/mol. The highest BCUT2D eigenvalue weighted by atomic mass is 15.1. The summed E-state index contributed by atoms with van der Waals surface area (Å²) in [6.45, 7) is 1.98. The summed E-state index contributed by atoms with van der Waals surface area (Å²) in [5.74, 6) is 0. The molecule has 1 atom stereocenters. The Morgan fingerprint density at radius 2 is 1.88 bits per heavy atom. The predicted molar refractivity (Wildman–Crippen MR) is 69.3 cm³/mol. The maximum atomic E-state index is 9.26. The normalized spacial score (nSPS) is 22.4. The third-order valence-corrected chi connectivity index (χ3v) is 3.49. The van der Waals surface area contributed by atoms with Crippen molar-refractivity contribution in [3.63, 3.8) is 0 Å². The molecule has 0 bridgehead atoms. The lowest BCUT2D eigenvalue weighted by Crippen LogP contribution is -2.35. The van der Waals surface area contributed by atoms with Gasteiger partial charge < -0.3 is 0 Å². The fourth-order valence-corrected chi connectivity index (χ4v) is 2.50. The van der Waals surface area contributed by atoms with Crippen LogP contribution < -0.4 is 0 Å². The number of likely N-dealkylation sites (tertiary alicyclic amines) is 1. The molecule has 90 valence electrons. The Labute approximate surface area is 104 Å². The van der Waals surface area contributed by atoms with Crippen LogP contribution in [0.15, 0.2) is 30.3 Å². The van der Waals surface area contributed by atoms with Crippen LogP contribution in [0, 0.1) is 11.3 Å². The van der Waals surface area contributed by atoms with Gasteiger partial charge in [-0.3, -0.25) is 4.90 Å². The Bertz CT molecular complexity index is 366. The van der Waals surface area contributed by atoms with Gasteiger partial charge in [0.2, 0.25) is 0 Å². The zero-order valence-corrected chi connectivity index (χ0v) is 10.3. The number of hydrogen-bond donors (Lipinski definition) is 0. The van der Waals surface area contributed by atoms with Crippen LogP contribution in [0.1, 0.15) is 37.7 Å². The molecule has 1 fully saturated rings. The first-order chi connectivity index (χ1) is 8.40. The van der Waals surface area contributed by atoms with E-state index in [0.717, 1.165) is 19.5 Å². The Balaban J connectivity index is 2.02. The van der Waals surface area contributed by atoms with Crippen LogP contribution in [0.2, 0.25) is 0 Å². The van der Waals surface area contributed by atoms with E-state index in [4.69, 9.17) is 0 Å². The second-order valence-corrected chi connectivity index (χ2v) is 4.80. The SMILES string of the molecule is N#CC1CCCCCCN1Cc1ccccc1. The molecule has 1 aliphatic rings. The van der Waals surface area contributed by atoms with Crippen molar-refractivity contribution in [2.24, 2.45) is 0 Å². The van der Waals surface area contributed by atoms with Gasteiger partial charge in [-0.15, -0.1) is 0 Å². The molecule has 1 unspecified atom stereocenters. The van der Waals surface area contributed by atoms with Crippen LogP contribution in [0.4, 0.5) is 0 Å². The van der Waals surface area contributed by atoms with E-state index < -0.39 is 0 Å². The largest absolute Gasteiger partial charge is 0.284 e. The third-order valence-electron chi connectivity index (χ3n) is 3.49. The minimum Gasteiger partial charge on any atom is -0.284 e. The quantitative estimate of drug-likeness (QED) is 0.776. The molecule has 17 heavy (non-hydrogen) atoms. The standard InChI is InChI=1S/C15H20N2/c16-12-15-10-6-1-2-7-11-17(15)13-14-8-4-3-5-9-14/h3-5,8-9,15H,1-2,6-7,10-11,13H2. The maximum Gasteiger partial charge on any atom is 0.0980 e. The zero-order chi connectivity index (χ0) is 11.9. The molecule has 0 spiro atoms. The van der Waals surface area contributed by atoms with Gasteiger partial charge in [-0.2, -0.15) is 5.26 Å². The molecule has 1 aliphatic heterocycles. The second kappa shape index (κ2) is 6.42. The van der Waals surface area contributed by atoms with Crippen LogP contribution in [0.3, 0.4) is 0 Å². The highest BCUT2D eigenvalue weighted by molar-refractivity contribution is 5.15. The second-order valence-electron chi connectivity index (χ2n) is 4.80. The first-order valence-electron chi connectivity index (χ1n) is 6.58. The van der Waals surface area contributed by atoms with Crippen molar-refractivity contribution >= 4 is 0 Å². The Morgan fingerprint density at radius 3 is 2.65 bits per heavy atom. The molecule has 1 aromatic rings. The van der Waals surface area contributed by atoms with Crippen molar-refractivity contribution < 1.29 is 0 Å². The zero-order valence-electron chi connectivity index (χ0n) is 10.3. The first kappa shape index (κ1) is 12.1. The topological polar surface area (TPSA) is 27.0 Å². The summed E-state index contributed by atoms with van der Waals surface area (Å²) in [5.41, 5.74) is 1.31. The van der Waals surface area contributed by atoms with Crippen LogP contribution >= 0.6 is 0 Å². The molecule has 2 rings (SSSR count). The van der Waals surface area contributed by atoms with Crippen LogP contribution in [0.5, 0.6) is 0 Å². The highest BCUT2D eigenvalue weighted by Gasteiger charge is 2.19. The van der Waals surface area contributed by atoms with Gasteiger partial charge in [-0.25, -0.2) is 0 Å². The van der Waals surface area contributed by atoms with Crippen LogP contribution in [-0.4, -0.2) is 17.5 Å². The monoisotopic (exact) mass is 228 g/mol. The van der Waals surface area contributed by atoms with Gasteiger partial charge in [0, 0.05) is 6.54 Å². The van der Waals surface area contributed by atoms with E-state index >= 15 is 0 Å². The molecule has 0 saturated carbocycles. The number of nitrogens with zero attached hydrogens (tertiary/aromatic N) is 2. The molecule has 0 amide bonds. The Hall–Kier alpha value is -1.33. The third kappa shape index (κ3) is 3.57. The van der Waals surface area contributed by atoms with E-state index in [2.05, 4.69) is 35.2 Å². The van der Waals surface area contributed by atoms with E-state index in [1.54, 1.807) is 0 Å². The molecule has 0 radical (unpaired) electrons. The molecule has 2 heteroatoms. The van der Waals surface area contributed by atoms with Crippen molar-refractivity contribution in [1.29, 1.82) is 5.26 Å². The summed E-state index contributed by atoms with van der Waals surface area (Å²) >= 11 is 0. The van der Waals surface area contributed by atoms with Gasteiger partial charge >= 0.3 is 0 Å². The molecule has 0 N–H and O–H groups in total. The average Bonchev–Trinajstić information content (AvgIpc) is 2.34. The van der Waals surface area contributed by atoms with Gasteiger partial charge in [-0.1, -0.05) is 49.6 Å². The van der Waals surface area contributed by atoms with Gasteiger partial charge in [-0.05, 0) is 24.9 Å². The van der Waals surface area contributed by atoms with Gasteiger partial charge in [0.25, 0.3) is 0 Å². The van der Waals surface area contributed by atoms with E-state index in [0.29, 0.717) is 0 Å². The van der Waals surface area contributed by atoms with E-state index in [1.807, 2.05) is 6.07 Å². The van der Waals surface area contributed by atoms with Gasteiger partial charge in [0.15, 0.2) is 0 Å². The maximum absolute atomic E-state index is 9.26. The van der Waals surface area contributed by atoms with E-state index in [-0.39, 0.29) is 6.04 Å². The average molecular weight is 228 g/mol. The molecule has 0 aliphatic carbocycles. The van der Waals surface area contributed by atoms with Gasteiger partial charge in [0.1, 0.15) is 0 Å². The number of hydrogen-bond acceptors (Lipinski definition) is 2. The smallest absolute Gasteiger partial charge is 0.0980 e. The lowest BCUT2D eigenvalue weighted by atomic mass is 10.0. The van der Waals surface area contributed by atoms with E-state index in [9.17, 15) is 5.26 Å². The Kier molecular flexibility index (Phi) is 4.58. The summed E-state index contributed by atoms with van der Waals surface area (Å²) in [5, 5.41) is 9.26. The highest BCUT2D eigenvalue weighted by Crippen LogP contribution is 2.18. The summed E-state index contributed by atoms with van der Waals surface area (Å²) in [7, 11) is 0. The van der Waals surface area contributed by atoms with Crippen molar-refractivity contribution in [3.8, 4) is 6.07 Å². The minimum absolute atomic E-state index is 0.107. The fraction of sp³-hybridized carbons (Fsp3) is 0.533. The first-order valence-corrected chi connectivity index (χ1v) is 6.58. The van der Waals surface area contributed by atoms with Gasteiger partial charge in [0.05, 0.1) is 12.1 Å². The summed E-state index contributed by atoms with van der Waals surface area (Å²) in [6, 6.07) is 13.0. The van der Waals surface area contributed by atoms with Crippen molar-refractivity contribution in [3.05, 3.63) is 35.9 Å². The molecular formula is C15H20N2. The molecule has 1 heterocycles. The predicted octanol–water partition coefficient (Wildman–Crippen LogP) is 3.34. The lowest BCUT2D eigenvalue weighted by Gasteiger charge is -2.29. The summed E-state index contributed by atoms with van der Waals surface area (Å²) < 4.78 is 0. The van der Waals surface area contributed by atoms with Crippen molar-refractivity contribution in [2.45, 2.75) is 44.7 Å². The number of rotatable bonds is 2. The molecule has 2 nitrogen and oxygen atoms in total. The fourth-order valence-electron chi connectivity index (χ4n) is 2.50. The minimum atomic E-state index is 0.107. The van der Waals surface area contributed by atoms with Crippen molar-refractivity contribution in [1.82, 2.24) is 4.90 Å². The Morgan fingerprint density at radius 1 is 1.12 bits per heavy atom. The number of nitriles is 1. The summed E-state index contributed by atoms with van der Waals surface area (Å²) in [4.78, 5) is 2.34. The number of benzene rings is 1. The molecule has 1 saturated heterocycles. The molecule has 1 aromatic carbocycles.